The number of rotatable bonds is 4. The molecule has 0 aliphatic heterocycles. The lowest BCUT2D eigenvalue weighted by molar-refractivity contribution is 0.0254. The molecule has 140 valence electrons. The van der Waals surface area contributed by atoms with E-state index in [-0.39, 0.29) is 12.0 Å². The Balaban J connectivity index is 1.71. The Labute approximate surface area is 160 Å². The van der Waals surface area contributed by atoms with Crippen molar-refractivity contribution in [3.8, 4) is 11.8 Å². The molecule has 2 aromatic carbocycles. The van der Waals surface area contributed by atoms with Crippen molar-refractivity contribution in [3.63, 3.8) is 0 Å². The first-order chi connectivity index (χ1) is 13.1. The van der Waals surface area contributed by atoms with Crippen molar-refractivity contribution < 1.29 is 14.6 Å². The molecule has 0 bridgehead atoms. The number of carbonyl (C=O) groups is 1. The number of esters is 1. The van der Waals surface area contributed by atoms with Crippen LogP contribution < -0.4 is 5.32 Å². The van der Waals surface area contributed by atoms with Crippen LogP contribution in [0.4, 0.5) is 0 Å². The lowest BCUT2D eigenvalue weighted by Gasteiger charge is -2.36. The molecule has 1 aliphatic rings. The Kier molecular flexibility index (Phi) is 6.28. The summed E-state index contributed by atoms with van der Waals surface area (Å²) in [5.41, 5.74) is 1.40. The first-order valence-corrected chi connectivity index (χ1v) is 9.32. The van der Waals surface area contributed by atoms with Crippen LogP contribution in [0.2, 0.25) is 0 Å². The second-order valence-corrected chi connectivity index (χ2v) is 6.91. The molecule has 3 rings (SSSR count). The SMILES string of the molecule is COC(=O)c1ccc(C#C[C@@]2(O)CCCC[C@H]2NCc2ccccc2)cc1. The van der Waals surface area contributed by atoms with Crippen molar-refractivity contribution in [2.75, 3.05) is 7.11 Å². The van der Waals surface area contributed by atoms with Gasteiger partial charge in [-0.25, -0.2) is 4.79 Å². The largest absolute Gasteiger partial charge is 0.465 e. The van der Waals surface area contributed by atoms with Crippen LogP contribution in [0.3, 0.4) is 0 Å². The van der Waals surface area contributed by atoms with Crippen molar-refractivity contribution in [2.45, 2.75) is 43.9 Å². The number of aliphatic hydroxyl groups is 1. The molecule has 2 N–H and O–H groups in total. The maximum absolute atomic E-state index is 11.5. The zero-order valence-corrected chi connectivity index (χ0v) is 15.6. The van der Waals surface area contributed by atoms with Gasteiger partial charge in [-0.05, 0) is 49.1 Å². The lowest BCUT2D eigenvalue weighted by Crippen LogP contribution is -2.51. The number of hydrogen-bond acceptors (Lipinski definition) is 4. The van der Waals surface area contributed by atoms with Gasteiger partial charge in [0, 0.05) is 18.2 Å². The molecule has 2 aromatic rings. The van der Waals surface area contributed by atoms with Crippen molar-refractivity contribution in [1.82, 2.24) is 5.32 Å². The van der Waals surface area contributed by atoms with Crippen molar-refractivity contribution in [1.29, 1.82) is 0 Å². The molecule has 0 saturated heterocycles. The molecule has 1 fully saturated rings. The van der Waals surface area contributed by atoms with Crippen LogP contribution in [-0.4, -0.2) is 29.8 Å². The summed E-state index contributed by atoms with van der Waals surface area (Å²) in [5.74, 6) is 5.80. The Morgan fingerprint density at radius 1 is 1.19 bits per heavy atom. The highest BCUT2D eigenvalue weighted by atomic mass is 16.5. The maximum atomic E-state index is 11.5. The van der Waals surface area contributed by atoms with Gasteiger partial charge in [0.2, 0.25) is 0 Å². The van der Waals surface area contributed by atoms with Gasteiger partial charge in [-0.1, -0.05) is 48.6 Å². The van der Waals surface area contributed by atoms with Gasteiger partial charge >= 0.3 is 5.97 Å². The fourth-order valence-electron chi connectivity index (χ4n) is 3.40. The third-order valence-electron chi connectivity index (χ3n) is 5.00. The Hall–Kier alpha value is -2.61. The quantitative estimate of drug-likeness (QED) is 0.646. The fourth-order valence-corrected chi connectivity index (χ4v) is 3.40. The van der Waals surface area contributed by atoms with E-state index < -0.39 is 5.60 Å². The Bertz CT molecular complexity index is 820. The summed E-state index contributed by atoms with van der Waals surface area (Å²) in [6, 6.07) is 17.0. The van der Waals surface area contributed by atoms with E-state index in [0.29, 0.717) is 18.5 Å². The topological polar surface area (TPSA) is 58.6 Å². The average Bonchev–Trinajstić information content (AvgIpc) is 2.72. The molecular weight excluding hydrogens is 338 g/mol. The van der Waals surface area contributed by atoms with Gasteiger partial charge in [-0.3, -0.25) is 0 Å². The fraction of sp³-hybridized carbons (Fsp3) is 0.348. The smallest absolute Gasteiger partial charge is 0.337 e. The highest BCUT2D eigenvalue weighted by Crippen LogP contribution is 2.28. The normalized spacial score (nSPS) is 21.8. The monoisotopic (exact) mass is 363 g/mol. The van der Waals surface area contributed by atoms with E-state index in [2.05, 4.69) is 29.3 Å². The van der Waals surface area contributed by atoms with E-state index in [1.54, 1.807) is 24.3 Å². The van der Waals surface area contributed by atoms with Crippen LogP contribution in [0, 0.1) is 11.8 Å². The Morgan fingerprint density at radius 2 is 1.93 bits per heavy atom. The van der Waals surface area contributed by atoms with Crippen molar-refractivity contribution in [2.24, 2.45) is 0 Å². The molecule has 0 spiro atoms. The van der Waals surface area contributed by atoms with E-state index >= 15 is 0 Å². The molecule has 4 nitrogen and oxygen atoms in total. The van der Waals surface area contributed by atoms with Crippen molar-refractivity contribution in [3.05, 3.63) is 71.3 Å². The van der Waals surface area contributed by atoms with E-state index in [4.69, 9.17) is 4.74 Å². The summed E-state index contributed by atoms with van der Waals surface area (Å²) in [7, 11) is 1.36. The first kappa shape index (κ1) is 19.2. The standard InChI is InChI=1S/C23H25NO3/c1-27-22(25)20-12-10-18(11-13-20)14-16-23(26)15-6-5-9-21(23)24-17-19-7-3-2-4-8-19/h2-4,7-8,10-13,21,24,26H,5-6,9,15,17H2,1H3/t21-,23+/m1/s1. The van der Waals surface area contributed by atoms with E-state index in [1.807, 2.05) is 18.2 Å². The summed E-state index contributed by atoms with van der Waals surface area (Å²) in [4.78, 5) is 11.5. The van der Waals surface area contributed by atoms with Crippen LogP contribution in [-0.2, 0) is 11.3 Å². The molecule has 27 heavy (non-hydrogen) atoms. The summed E-state index contributed by atoms with van der Waals surface area (Å²) >= 11 is 0. The molecule has 0 heterocycles. The minimum atomic E-state index is -1.05. The van der Waals surface area contributed by atoms with Crippen LogP contribution >= 0.6 is 0 Å². The lowest BCUT2D eigenvalue weighted by atomic mass is 9.80. The molecule has 0 radical (unpaired) electrons. The zero-order chi connectivity index (χ0) is 19.1. The van der Waals surface area contributed by atoms with Gasteiger partial charge in [-0.15, -0.1) is 0 Å². The highest BCUT2D eigenvalue weighted by Gasteiger charge is 2.37. The predicted molar refractivity (Wildman–Crippen MR) is 105 cm³/mol. The van der Waals surface area contributed by atoms with Gasteiger partial charge in [0.05, 0.1) is 12.7 Å². The molecule has 2 atom stereocenters. The Morgan fingerprint density at radius 3 is 2.63 bits per heavy atom. The van der Waals surface area contributed by atoms with Gasteiger partial charge in [0.1, 0.15) is 5.60 Å². The van der Waals surface area contributed by atoms with E-state index in [0.717, 1.165) is 24.8 Å². The summed E-state index contributed by atoms with van der Waals surface area (Å²) in [6.07, 6.45) is 3.62. The molecule has 1 saturated carbocycles. The molecule has 4 heteroatoms. The predicted octanol–water partition coefficient (Wildman–Crippen LogP) is 3.29. The number of benzene rings is 2. The number of methoxy groups -OCH3 is 1. The highest BCUT2D eigenvalue weighted by molar-refractivity contribution is 5.89. The number of ether oxygens (including phenoxy) is 1. The third kappa shape index (κ3) is 4.97. The minimum Gasteiger partial charge on any atom is -0.465 e. The van der Waals surface area contributed by atoms with E-state index in [1.165, 1.54) is 12.7 Å². The summed E-state index contributed by atoms with van der Waals surface area (Å²) < 4.78 is 4.70. The number of carbonyl (C=O) groups excluding carboxylic acids is 1. The zero-order valence-electron chi connectivity index (χ0n) is 15.6. The van der Waals surface area contributed by atoms with E-state index in [9.17, 15) is 9.90 Å². The van der Waals surface area contributed by atoms with Crippen LogP contribution in [0.5, 0.6) is 0 Å². The van der Waals surface area contributed by atoms with Gasteiger partial charge < -0.3 is 15.2 Å². The van der Waals surface area contributed by atoms with Gasteiger partial charge in [0.15, 0.2) is 0 Å². The molecule has 0 amide bonds. The number of nitrogens with one attached hydrogen (secondary N) is 1. The van der Waals surface area contributed by atoms with Crippen LogP contribution in [0.15, 0.2) is 54.6 Å². The van der Waals surface area contributed by atoms with Gasteiger partial charge in [-0.2, -0.15) is 0 Å². The molecule has 0 aromatic heterocycles. The molecular formula is C23H25NO3. The average molecular weight is 363 g/mol. The number of hydrogen-bond donors (Lipinski definition) is 2. The minimum absolute atomic E-state index is 0.0618. The second kappa shape index (κ2) is 8.85. The second-order valence-electron chi connectivity index (χ2n) is 6.91. The molecule has 0 unspecified atom stereocenters. The summed E-state index contributed by atoms with van der Waals surface area (Å²) in [6.45, 7) is 0.712. The first-order valence-electron chi connectivity index (χ1n) is 9.32. The van der Waals surface area contributed by atoms with Gasteiger partial charge in [0.25, 0.3) is 0 Å². The van der Waals surface area contributed by atoms with Crippen LogP contribution in [0.25, 0.3) is 0 Å². The third-order valence-corrected chi connectivity index (χ3v) is 5.00. The summed E-state index contributed by atoms with van der Waals surface area (Å²) in [5, 5.41) is 14.6. The molecule has 1 aliphatic carbocycles. The van der Waals surface area contributed by atoms with Crippen LogP contribution in [0.1, 0.15) is 47.2 Å². The van der Waals surface area contributed by atoms with Crippen molar-refractivity contribution >= 4 is 5.97 Å². The maximum Gasteiger partial charge on any atom is 0.337 e.